The Balaban J connectivity index is 0.00000210. The fraction of sp³-hybridized carbons (Fsp3) is 0.269. The van der Waals surface area contributed by atoms with Gasteiger partial charge in [0.15, 0.2) is 11.5 Å². The number of amides is 1. The Morgan fingerprint density at radius 2 is 1.77 bits per heavy atom. The third-order valence-corrected chi connectivity index (χ3v) is 5.33. The van der Waals surface area contributed by atoms with Crippen molar-refractivity contribution in [1.29, 1.82) is 0 Å². The molecule has 35 heavy (non-hydrogen) atoms. The first kappa shape index (κ1) is 27.6. The van der Waals surface area contributed by atoms with Crippen LogP contribution in [0.3, 0.4) is 0 Å². The number of rotatable bonds is 9. The Morgan fingerprint density at radius 1 is 1.09 bits per heavy atom. The molecule has 8 nitrogen and oxygen atoms in total. The number of nitrogens with one attached hydrogen (secondary N) is 1. The Labute approximate surface area is 209 Å². The van der Waals surface area contributed by atoms with Crippen LogP contribution in [0.5, 0.6) is 11.5 Å². The van der Waals surface area contributed by atoms with Crippen molar-refractivity contribution in [3.8, 4) is 11.5 Å². The monoisotopic (exact) mass is 500 g/mol. The van der Waals surface area contributed by atoms with E-state index in [9.17, 15) is 14.4 Å². The second-order valence-electron chi connectivity index (χ2n) is 7.56. The van der Waals surface area contributed by atoms with E-state index in [1.165, 1.54) is 38.5 Å². The number of hydrogen-bond acceptors (Lipinski definition) is 7. The summed E-state index contributed by atoms with van der Waals surface area (Å²) in [6, 6.07) is 9.11. The van der Waals surface area contributed by atoms with Gasteiger partial charge >= 0.3 is 0 Å². The van der Waals surface area contributed by atoms with E-state index >= 15 is 0 Å². The summed E-state index contributed by atoms with van der Waals surface area (Å²) in [5.74, 6) is -0.983. The van der Waals surface area contributed by atoms with Crippen molar-refractivity contribution in [2.75, 3.05) is 41.4 Å². The highest BCUT2D eigenvalue weighted by molar-refractivity contribution is 6.35. The number of carbonyl (C=O) groups is 2. The SMILES string of the molecule is C=C.COc1ccc(C(=O)c2c(C(=O)NCCCN(C)C)oc3cccc(Cl)c3c2=O)cc1OC. The molecule has 3 rings (SSSR count). The number of ketones is 1. The highest BCUT2D eigenvalue weighted by Crippen LogP contribution is 2.29. The number of halogens is 1. The van der Waals surface area contributed by atoms with Crippen LogP contribution < -0.4 is 20.2 Å². The van der Waals surface area contributed by atoms with Crippen LogP contribution in [0.1, 0.15) is 32.9 Å². The van der Waals surface area contributed by atoms with Crippen LogP contribution in [0.25, 0.3) is 11.0 Å². The molecule has 0 aliphatic rings. The molecule has 0 fully saturated rings. The molecule has 0 aliphatic carbocycles. The molecule has 1 amide bonds. The summed E-state index contributed by atoms with van der Waals surface area (Å²) in [4.78, 5) is 41.8. The molecule has 0 bridgehead atoms. The van der Waals surface area contributed by atoms with Gasteiger partial charge < -0.3 is 24.1 Å². The van der Waals surface area contributed by atoms with Gasteiger partial charge in [-0.2, -0.15) is 0 Å². The van der Waals surface area contributed by atoms with E-state index in [1.54, 1.807) is 12.1 Å². The number of carbonyl (C=O) groups excluding carboxylic acids is 2. The van der Waals surface area contributed by atoms with E-state index in [4.69, 9.17) is 25.5 Å². The summed E-state index contributed by atoms with van der Waals surface area (Å²) in [5, 5.41) is 2.88. The van der Waals surface area contributed by atoms with Crippen molar-refractivity contribution < 1.29 is 23.5 Å². The van der Waals surface area contributed by atoms with Crippen molar-refractivity contribution in [1.82, 2.24) is 10.2 Å². The number of fused-ring (bicyclic) bond motifs is 1. The van der Waals surface area contributed by atoms with Crippen molar-refractivity contribution in [3.63, 3.8) is 0 Å². The lowest BCUT2D eigenvalue weighted by Gasteiger charge is -2.13. The largest absolute Gasteiger partial charge is 0.493 e. The number of methoxy groups -OCH3 is 2. The lowest BCUT2D eigenvalue weighted by molar-refractivity contribution is 0.0912. The van der Waals surface area contributed by atoms with Gasteiger partial charge in [-0.25, -0.2) is 0 Å². The van der Waals surface area contributed by atoms with Gasteiger partial charge in [0.25, 0.3) is 5.91 Å². The fourth-order valence-electron chi connectivity index (χ4n) is 3.36. The van der Waals surface area contributed by atoms with E-state index in [-0.39, 0.29) is 27.3 Å². The molecule has 0 spiro atoms. The molecule has 3 aromatic rings. The van der Waals surface area contributed by atoms with Crippen LogP contribution in [0.15, 0.2) is 58.8 Å². The third-order valence-electron chi connectivity index (χ3n) is 5.02. The highest BCUT2D eigenvalue weighted by Gasteiger charge is 2.28. The molecule has 0 radical (unpaired) electrons. The van der Waals surface area contributed by atoms with Gasteiger partial charge in [-0.1, -0.05) is 17.7 Å². The van der Waals surface area contributed by atoms with Gasteiger partial charge in [-0.15, -0.1) is 13.2 Å². The molecule has 2 aromatic carbocycles. The zero-order valence-electron chi connectivity index (χ0n) is 20.3. The molecule has 186 valence electrons. The summed E-state index contributed by atoms with van der Waals surface area (Å²) in [6.07, 6.45) is 0.682. The molecule has 1 N–H and O–H groups in total. The van der Waals surface area contributed by atoms with Crippen molar-refractivity contribution in [2.24, 2.45) is 0 Å². The normalized spacial score (nSPS) is 10.5. The number of ether oxygens (including phenoxy) is 2. The van der Waals surface area contributed by atoms with Crippen LogP contribution in [0.4, 0.5) is 0 Å². The van der Waals surface area contributed by atoms with Crippen molar-refractivity contribution in [3.05, 3.63) is 81.7 Å². The standard InChI is InChI=1S/C24H25ClN2O6.C2H4/c1-27(2)12-6-11-26-24(30)23-20(22(29)19-15(25)7-5-8-17(19)33-23)21(28)14-9-10-16(31-3)18(13-14)32-4;1-2/h5,7-10,13H,6,11-12H2,1-4H3,(H,26,30);1-2H2. The van der Waals surface area contributed by atoms with E-state index in [0.29, 0.717) is 24.5 Å². The highest BCUT2D eigenvalue weighted by atomic mass is 35.5. The minimum absolute atomic E-state index is 0.0344. The molecule has 0 aliphatic heterocycles. The molecular formula is C26H29ClN2O6. The quantitative estimate of drug-likeness (QED) is 0.267. The minimum Gasteiger partial charge on any atom is -0.493 e. The smallest absolute Gasteiger partial charge is 0.287 e. The average molecular weight is 501 g/mol. The molecular weight excluding hydrogens is 472 g/mol. The van der Waals surface area contributed by atoms with Crippen LogP contribution in [0.2, 0.25) is 5.02 Å². The zero-order valence-corrected chi connectivity index (χ0v) is 21.0. The minimum atomic E-state index is -0.690. The predicted molar refractivity (Wildman–Crippen MR) is 137 cm³/mol. The molecule has 9 heteroatoms. The third kappa shape index (κ3) is 6.29. The summed E-state index contributed by atoms with van der Waals surface area (Å²) in [5.41, 5.74) is -0.823. The van der Waals surface area contributed by atoms with Crippen LogP contribution >= 0.6 is 11.6 Å². The molecule has 0 saturated carbocycles. The number of nitrogens with zero attached hydrogens (tertiary/aromatic N) is 1. The van der Waals surface area contributed by atoms with Gasteiger partial charge in [-0.3, -0.25) is 14.4 Å². The number of benzene rings is 2. The lowest BCUT2D eigenvalue weighted by atomic mass is 9.99. The van der Waals surface area contributed by atoms with Gasteiger partial charge in [-0.05, 0) is 57.4 Å². The van der Waals surface area contributed by atoms with Crippen LogP contribution in [-0.2, 0) is 0 Å². The van der Waals surface area contributed by atoms with E-state index in [0.717, 1.165) is 6.54 Å². The van der Waals surface area contributed by atoms with E-state index in [2.05, 4.69) is 18.5 Å². The lowest BCUT2D eigenvalue weighted by Crippen LogP contribution is -2.31. The van der Waals surface area contributed by atoms with Crippen molar-refractivity contribution >= 4 is 34.3 Å². The molecule has 1 aromatic heterocycles. The van der Waals surface area contributed by atoms with Gasteiger partial charge in [0, 0.05) is 12.1 Å². The molecule has 0 saturated heterocycles. The average Bonchev–Trinajstić information content (AvgIpc) is 2.86. The van der Waals surface area contributed by atoms with Gasteiger partial charge in [0.2, 0.25) is 17.0 Å². The summed E-state index contributed by atoms with van der Waals surface area (Å²) >= 11 is 6.22. The topological polar surface area (TPSA) is 98.1 Å². The maximum Gasteiger partial charge on any atom is 0.287 e. The van der Waals surface area contributed by atoms with Gasteiger partial charge in [0.1, 0.15) is 11.1 Å². The summed E-state index contributed by atoms with van der Waals surface area (Å²) < 4.78 is 16.2. The molecule has 0 atom stereocenters. The Hall–Kier alpha value is -3.62. The second-order valence-corrected chi connectivity index (χ2v) is 7.97. The maximum atomic E-state index is 13.4. The van der Waals surface area contributed by atoms with Gasteiger partial charge in [0.05, 0.1) is 24.6 Å². The summed E-state index contributed by atoms with van der Waals surface area (Å²) in [6.45, 7) is 7.10. The Morgan fingerprint density at radius 3 is 2.40 bits per heavy atom. The Bertz CT molecular complexity index is 1270. The van der Waals surface area contributed by atoms with E-state index in [1.807, 2.05) is 19.0 Å². The first-order chi connectivity index (χ1) is 16.8. The fourth-order valence-corrected chi connectivity index (χ4v) is 3.62. The summed E-state index contributed by atoms with van der Waals surface area (Å²) in [7, 11) is 6.75. The van der Waals surface area contributed by atoms with E-state index < -0.39 is 22.7 Å². The second kappa shape index (κ2) is 12.7. The van der Waals surface area contributed by atoms with Crippen LogP contribution in [0, 0.1) is 0 Å². The maximum absolute atomic E-state index is 13.4. The Kier molecular flexibility index (Phi) is 10.1. The van der Waals surface area contributed by atoms with Crippen LogP contribution in [-0.4, -0.2) is 58.0 Å². The zero-order chi connectivity index (χ0) is 26.1. The first-order valence-corrected chi connectivity index (χ1v) is 11.1. The predicted octanol–water partition coefficient (Wildman–Crippen LogP) is 4.18. The first-order valence-electron chi connectivity index (χ1n) is 10.7. The van der Waals surface area contributed by atoms with Crippen molar-refractivity contribution in [2.45, 2.75) is 6.42 Å². The number of hydrogen-bond donors (Lipinski definition) is 1. The molecule has 0 unspecified atom stereocenters. The molecule has 1 heterocycles.